The highest BCUT2D eigenvalue weighted by Gasteiger charge is 2.53. The molecule has 3 aromatic carbocycles. The Labute approximate surface area is 260 Å². The van der Waals surface area contributed by atoms with Crippen molar-refractivity contribution in [3.8, 4) is 11.3 Å². The number of H-pyrrole nitrogens is 1. The third kappa shape index (κ3) is 4.50. The van der Waals surface area contributed by atoms with Crippen LogP contribution in [0, 0.1) is 30.6 Å². The van der Waals surface area contributed by atoms with Gasteiger partial charge in [-0.2, -0.15) is 0 Å². The van der Waals surface area contributed by atoms with Gasteiger partial charge in [-0.1, -0.05) is 80.1 Å². The van der Waals surface area contributed by atoms with Crippen LogP contribution in [0.3, 0.4) is 0 Å². The molecule has 2 unspecified atom stereocenters. The predicted molar refractivity (Wildman–Crippen MR) is 175 cm³/mol. The van der Waals surface area contributed by atoms with E-state index in [-0.39, 0.29) is 29.3 Å². The van der Waals surface area contributed by atoms with Crippen LogP contribution in [-0.4, -0.2) is 33.3 Å². The van der Waals surface area contributed by atoms with E-state index in [0.29, 0.717) is 12.0 Å². The van der Waals surface area contributed by atoms with Crippen LogP contribution in [0.5, 0.6) is 0 Å². The van der Waals surface area contributed by atoms with Crippen molar-refractivity contribution in [3.63, 3.8) is 0 Å². The number of benzene rings is 3. The molecule has 44 heavy (non-hydrogen) atoms. The molecule has 4 bridgehead atoms. The summed E-state index contributed by atoms with van der Waals surface area (Å²) >= 11 is 0. The Hall–Kier alpha value is -3.86. The van der Waals surface area contributed by atoms with E-state index in [9.17, 15) is 9.59 Å². The number of hydrogen-bond acceptors (Lipinski definition) is 2. The lowest BCUT2D eigenvalue weighted by Crippen LogP contribution is -2.63. The zero-order chi connectivity index (χ0) is 30.2. The Bertz CT molecular complexity index is 1710. The van der Waals surface area contributed by atoms with Crippen molar-refractivity contribution >= 4 is 22.7 Å². The normalized spacial score (nSPS) is 27.7. The van der Waals surface area contributed by atoms with E-state index in [1.54, 1.807) is 0 Å². The molecule has 0 spiro atoms. The molecule has 0 radical (unpaired) electrons. The van der Waals surface area contributed by atoms with E-state index in [2.05, 4.69) is 79.6 Å². The van der Waals surface area contributed by atoms with Crippen molar-refractivity contribution in [3.05, 3.63) is 95.1 Å². The van der Waals surface area contributed by atoms with Gasteiger partial charge < -0.3 is 15.2 Å². The summed E-state index contributed by atoms with van der Waals surface area (Å²) in [7, 11) is 0. The first-order valence-electron chi connectivity index (χ1n) is 16.7. The summed E-state index contributed by atoms with van der Waals surface area (Å²) < 4.78 is 0. The van der Waals surface area contributed by atoms with Gasteiger partial charge in [-0.15, -0.1) is 0 Å². The maximum atomic E-state index is 14.7. The number of rotatable bonds is 7. The highest BCUT2D eigenvalue weighted by Crippen LogP contribution is 2.56. The zero-order valence-electron chi connectivity index (χ0n) is 26.1. The molecule has 2 atom stereocenters. The van der Waals surface area contributed by atoms with E-state index >= 15 is 0 Å². The molecule has 0 saturated heterocycles. The Kier molecular flexibility index (Phi) is 6.51. The minimum absolute atomic E-state index is 0.0310. The average Bonchev–Trinajstić information content (AvgIpc) is 3.50. The van der Waals surface area contributed by atoms with E-state index in [0.717, 1.165) is 70.3 Å². The molecule has 2 heterocycles. The molecule has 2 amide bonds. The summed E-state index contributed by atoms with van der Waals surface area (Å²) in [6.45, 7) is 6.43. The van der Waals surface area contributed by atoms with Crippen LogP contribution in [0.25, 0.3) is 22.2 Å². The first-order valence-corrected chi connectivity index (χ1v) is 16.7. The third-order valence-electron chi connectivity index (χ3n) is 11.1. The first-order chi connectivity index (χ1) is 21.3. The Morgan fingerprint density at radius 1 is 0.909 bits per heavy atom. The van der Waals surface area contributed by atoms with Gasteiger partial charge in [-0.3, -0.25) is 9.59 Å². The zero-order valence-corrected chi connectivity index (χ0v) is 26.1. The van der Waals surface area contributed by atoms with E-state index in [1.165, 1.54) is 24.8 Å². The lowest BCUT2D eigenvalue weighted by Gasteiger charge is -2.57. The highest BCUT2D eigenvalue weighted by molar-refractivity contribution is 6.04. The van der Waals surface area contributed by atoms with Crippen molar-refractivity contribution in [2.75, 3.05) is 0 Å². The van der Waals surface area contributed by atoms with Gasteiger partial charge in [-0.05, 0) is 98.8 Å². The molecule has 5 heteroatoms. The average molecular weight is 586 g/mol. The van der Waals surface area contributed by atoms with Gasteiger partial charge in [-0.25, -0.2) is 0 Å². The van der Waals surface area contributed by atoms with Gasteiger partial charge in [0.1, 0.15) is 6.04 Å². The molecule has 2 N–H and O–H groups in total. The lowest BCUT2D eigenvalue weighted by molar-refractivity contribution is -0.132. The number of aryl methyl sites for hydroxylation is 1. The maximum absolute atomic E-state index is 14.7. The lowest BCUT2D eigenvalue weighted by atomic mass is 9.53. The smallest absolute Gasteiger partial charge is 0.255 e. The molecular formula is C39H43N3O2. The summed E-state index contributed by atoms with van der Waals surface area (Å²) in [5, 5.41) is 4.76. The van der Waals surface area contributed by atoms with Crippen LogP contribution in [0.2, 0.25) is 0 Å². The monoisotopic (exact) mass is 585 g/mol. The second-order valence-corrected chi connectivity index (χ2v) is 14.9. The summed E-state index contributed by atoms with van der Waals surface area (Å²) in [5.41, 5.74) is 6.97. The Balaban J connectivity index is 1.26. The number of nitrogens with one attached hydrogen (secondary N) is 2. The number of aromatic amines is 1. The fourth-order valence-electron chi connectivity index (χ4n) is 9.75. The van der Waals surface area contributed by atoms with Crippen LogP contribution >= 0.6 is 0 Å². The molecule has 4 saturated carbocycles. The van der Waals surface area contributed by atoms with Gasteiger partial charge >= 0.3 is 0 Å². The first kappa shape index (κ1) is 27.7. The molecule has 1 aliphatic heterocycles. The van der Waals surface area contributed by atoms with Crippen molar-refractivity contribution in [2.45, 2.75) is 83.3 Å². The van der Waals surface area contributed by atoms with Crippen LogP contribution in [0.15, 0.2) is 72.8 Å². The van der Waals surface area contributed by atoms with E-state index in [1.807, 2.05) is 29.2 Å². The molecular weight excluding hydrogens is 542 g/mol. The van der Waals surface area contributed by atoms with Crippen LogP contribution < -0.4 is 5.32 Å². The van der Waals surface area contributed by atoms with Gasteiger partial charge in [0.15, 0.2) is 0 Å². The largest absolute Gasteiger partial charge is 0.354 e. The van der Waals surface area contributed by atoms with Crippen molar-refractivity contribution in [1.82, 2.24) is 15.2 Å². The standard InChI is InChI=1S/C39H43N3O2/c1-23(2)16-33(37(43)41-39-20-25-17-26(21-39)19-27(18-25)22-39)42-36(29-8-4-5-9-30(29)38(42)44)34-31-10-6-7-11-32(31)40-35(34)28-14-12-24(3)13-15-28/h4-15,23,25-27,33,36,40H,16-22H2,1-3H3,(H,41,43). The number of aromatic nitrogens is 1. The van der Waals surface area contributed by atoms with Gasteiger partial charge in [0.05, 0.1) is 11.7 Å². The highest BCUT2D eigenvalue weighted by atomic mass is 16.2. The number of nitrogens with zero attached hydrogens (tertiary/aromatic N) is 1. The molecule has 226 valence electrons. The van der Waals surface area contributed by atoms with E-state index in [4.69, 9.17) is 0 Å². The van der Waals surface area contributed by atoms with Crippen molar-refractivity contribution in [2.24, 2.45) is 23.7 Å². The number of para-hydroxylation sites is 1. The van der Waals surface area contributed by atoms with Crippen LogP contribution in [0.4, 0.5) is 0 Å². The molecule has 5 aliphatic rings. The number of fused-ring (bicyclic) bond motifs is 2. The SMILES string of the molecule is Cc1ccc(-c2[nH]c3ccccc3c2C2c3ccccc3C(=O)N2C(CC(C)C)C(=O)NC23CC4CC(CC(C4)C2)C3)cc1. The topological polar surface area (TPSA) is 65.2 Å². The van der Waals surface area contributed by atoms with Gasteiger partial charge in [0.2, 0.25) is 5.91 Å². The molecule has 4 aliphatic carbocycles. The Morgan fingerprint density at radius 2 is 1.55 bits per heavy atom. The second-order valence-electron chi connectivity index (χ2n) is 14.9. The molecule has 5 nitrogen and oxygen atoms in total. The quantitative estimate of drug-likeness (QED) is 0.230. The fourth-order valence-corrected chi connectivity index (χ4v) is 9.75. The third-order valence-corrected chi connectivity index (χ3v) is 11.1. The number of amides is 2. The molecule has 9 rings (SSSR count). The van der Waals surface area contributed by atoms with E-state index < -0.39 is 6.04 Å². The summed E-state index contributed by atoms with van der Waals surface area (Å²) in [6.07, 6.45) is 7.89. The number of hydrogen-bond donors (Lipinski definition) is 2. The molecule has 4 aromatic rings. The van der Waals surface area contributed by atoms with Crippen molar-refractivity contribution in [1.29, 1.82) is 0 Å². The van der Waals surface area contributed by atoms with Crippen LogP contribution in [-0.2, 0) is 4.79 Å². The predicted octanol–water partition coefficient (Wildman–Crippen LogP) is 8.19. The van der Waals surface area contributed by atoms with Crippen LogP contribution in [0.1, 0.15) is 91.9 Å². The minimum Gasteiger partial charge on any atom is -0.354 e. The summed E-state index contributed by atoms with van der Waals surface area (Å²) in [5.74, 6) is 2.44. The molecule has 1 aromatic heterocycles. The maximum Gasteiger partial charge on any atom is 0.255 e. The summed E-state index contributed by atoms with van der Waals surface area (Å²) in [4.78, 5) is 34.9. The fraction of sp³-hybridized carbons (Fsp3) is 0.436. The van der Waals surface area contributed by atoms with Crippen molar-refractivity contribution < 1.29 is 9.59 Å². The van der Waals surface area contributed by atoms with Gasteiger partial charge in [0.25, 0.3) is 5.91 Å². The minimum atomic E-state index is -0.563. The summed E-state index contributed by atoms with van der Waals surface area (Å²) in [6, 6.07) is 24.0. The second kappa shape index (κ2) is 10.4. The number of carbonyl (C=O) groups is 2. The number of carbonyl (C=O) groups excluding carboxylic acids is 2. The molecule has 4 fully saturated rings. The Morgan fingerprint density at radius 3 is 2.23 bits per heavy atom. The van der Waals surface area contributed by atoms with Gasteiger partial charge in [0, 0.05) is 27.6 Å².